The molecule has 0 spiro atoms. The van der Waals surface area contributed by atoms with E-state index in [-0.39, 0.29) is 32.0 Å². The summed E-state index contributed by atoms with van der Waals surface area (Å²) in [7, 11) is 1.48. The van der Waals surface area contributed by atoms with Gasteiger partial charge in [0.1, 0.15) is 19.8 Å². The van der Waals surface area contributed by atoms with Crippen molar-refractivity contribution < 1.29 is 42.1 Å². The summed E-state index contributed by atoms with van der Waals surface area (Å²) in [5.74, 6) is -0.808. The van der Waals surface area contributed by atoms with Gasteiger partial charge in [-0.25, -0.2) is 4.57 Å². The van der Waals surface area contributed by atoms with Gasteiger partial charge in [-0.05, 0) is 51.4 Å². The molecule has 0 fully saturated rings. The summed E-state index contributed by atoms with van der Waals surface area (Å²) in [4.78, 5) is 35.1. The van der Waals surface area contributed by atoms with Crippen molar-refractivity contribution in [2.75, 3.05) is 47.5 Å². The van der Waals surface area contributed by atoms with Crippen molar-refractivity contribution in [3.8, 4) is 0 Å². The quantitative estimate of drug-likeness (QED) is 0.0213. The van der Waals surface area contributed by atoms with E-state index in [2.05, 4.69) is 50.3 Å². The Hall–Kier alpha value is -1.77. The van der Waals surface area contributed by atoms with Crippen LogP contribution in [0.1, 0.15) is 200 Å². The summed E-state index contributed by atoms with van der Waals surface area (Å²) in [5.41, 5.74) is 0. The third-order valence-corrected chi connectivity index (χ3v) is 10.9. The fourth-order valence-electron chi connectivity index (χ4n) is 6.26. The van der Waals surface area contributed by atoms with E-state index in [1.165, 1.54) is 109 Å². The van der Waals surface area contributed by atoms with E-state index >= 15 is 0 Å². The standard InChI is InChI=1S/C47H88NO8P/c1-6-8-10-12-14-15-16-17-18-19-20-21-22-23-24-25-26-27-28-29-30-31-32-33-34-36-38-40-47(50)56-45(43-53-46(49)39-37-35-13-11-9-7-2)44-55-57(51,52)54-42-41-48(3,4)5/h16-17,19-20,22-23,45H,6-15,18,21,24-44H2,1-5H3/p+1/b17-16-,20-19-,23-22-. The molecule has 9 nitrogen and oxygen atoms in total. The van der Waals surface area contributed by atoms with Crippen LogP contribution in [0.4, 0.5) is 0 Å². The minimum absolute atomic E-state index is 0.0319. The van der Waals surface area contributed by atoms with E-state index in [0.717, 1.165) is 57.8 Å². The van der Waals surface area contributed by atoms with Crippen LogP contribution >= 0.6 is 7.82 Å². The number of hydrogen-bond acceptors (Lipinski definition) is 7. The van der Waals surface area contributed by atoms with Crippen LogP contribution in [0.15, 0.2) is 36.5 Å². The van der Waals surface area contributed by atoms with Crippen LogP contribution in [0, 0.1) is 0 Å². The smallest absolute Gasteiger partial charge is 0.462 e. The molecule has 0 amide bonds. The molecule has 2 atom stereocenters. The molecule has 0 aliphatic carbocycles. The van der Waals surface area contributed by atoms with E-state index in [1.807, 2.05) is 21.1 Å². The predicted octanol–water partition coefficient (Wildman–Crippen LogP) is 13.3. The summed E-state index contributed by atoms with van der Waals surface area (Å²) in [5, 5.41) is 0. The highest BCUT2D eigenvalue weighted by Crippen LogP contribution is 2.43. The van der Waals surface area contributed by atoms with Crippen molar-refractivity contribution >= 4 is 19.8 Å². The summed E-state index contributed by atoms with van der Waals surface area (Å²) in [6.07, 6.45) is 45.2. The van der Waals surface area contributed by atoms with Gasteiger partial charge < -0.3 is 18.9 Å². The van der Waals surface area contributed by atoms with Gasteiger partial charge in [0.2, 0.25) is 0 Å². The number of phosphoric ester groups is 1. The first-order valence-corrected chi connectivity index (χ1v) is 24.7. The topological polar surface area (TPSA) is 108 Å². The average molecular weight is 827 g/mol. The lowest BCUT2D eigenvalue weighted by Crippen LogP contribution is -2.37. The molecule has 1 N–H and O–H groups in total. The fourth-order valence-corrected chi connectivity index (χ4v) is 7.00. The van der Waals surface area contributed by atoms with Gasteiger partial charge in [0.05, 0.1) is 27.7 Å². The number of rotatable bonds is 42. The number of phosphoric acid groups is 1. The minimum Gasteiger partial charge on any atom is -0.462 e. The van der Waals surface area contributed by atoms with Gasteiger partial charge in [-0.1, -0.05) is 172 Å². The second kappa shape index (κ2) is 39.7. The van der Waals surface area contributed by atoms with Gasteiger partial charge in [-0.3, -0.25) is 18.6 Å². The molecule has 57 heavy (non-hydrogen) atoms. The number of hydrogen-bond donors (Lipinski definition) is 1. The van der Waals surface area contributed by atoms with Crippen LogP contribution < -0.4 is 0 Å². The summed E-state index contributed by atoms with van der Waals surface area (Å²) in [6, 6.07) is 0. The Kier molecular flexibility index (Phi) is 38.4. The van der Waals surface area contributed by atoms with Crippen molar-refractivity contribution in [3.63, 3.8) is 0 Å². The van der Waals surface area contributed by atoms with E-state index in [1.54, 1.807) is 0 Å². The molecule has 0 aromatic heterocycles. The summed E-state index contributed by atoms with van der Waals surface area (Å²) >= 11 is 0. The summed E-state index contributed by atoms with van der Waals surface area (Å²) in [6.45, 7) is 4.34. The highest BCUT2D eigenvalue weighted by Gasteiger charge is 2.27. The molecule has 0 aliphatic rings. The number of nitrogens with zero attached hydrogens (tertiary/aromatic N) is 1. The van der Waals surface area contributed by atoms with Crippen LogP contribution in [0.2, 0.25) is 0 Å². The van der Waals surface area contributed by atoms with Crippen molar-refractivity contribution in [2.45, 2.75) is 206 Å². The van der Waals surface area contributed by atoms with E-state index < -0.39 is 26.5 Å². The molecular formula is C47H89NO8P+. The van der Waals surface area contributed by atoms with E-state index in [4.69, 9.17) is 18.5 Å². The Morgan fingerprint density at radius 1 is 0.544 bits per heavy atom. The lowest BCUT2D eigenvalue weighted by molar-refractivity contribution is -0.870. The number of esters is 2. The van der Waals surface area contributed by atoms with Crippen LogP contribution in [0.25, 0.3) is 0 Å². The Bertz CT molecular complexity index is 1070. The van der Waals surface area contributed by atoms with Crippen LogP contribution in [-0.4, -0.2) is 74.9 Å². The molecule has 0 rings (SSSR count). The zero-order chi connectivity index (χ0) is 42.1. The zero-order valence-electron chi connectivity index (χ0n) is 37.6. The number of carbonyl (C=O) groups excluding carboxylic acids is 2. The number of likely N-dealkylation sites (N-methyl/N-ethyl adjacent to an activating group) is 1. The lowest BCUT2D eigenvalue weighted by atomic mass is 10.0. The third kappa shape index (κ3) is 43.6. The molecule has 0 bridgehead atoms. The molecule has 10 heteroatoms. The maximum absolute atomic E-state index is 12.7. The average Bonchev–Trinajstić information content (AvgIpc) is 3.16. The molecule has 0 radical (unpaired) electrons. The van der Waals surface area contributed by atoms with Gasteiger partial charge >= 0.3 is 19.8 Å². The zero-order valence-corrected chi connectivity index (χ0v) is 38.5. The molecule has 0 heterocycles. The highest BCUT2D eigenvalue weighted by molar-refractivity contribution is 7.47. The van der Waals surface area contributed by atoms with Crippen molar-refractivity contribution in [1.82, 2.24) is 0 Å². The molecule has 0 aromatic rings. The first-order chi connectivity index (χ1) is 27.5. The molecule has 0 aliphatic heterocycles. The molecule has 0 aromatic carbocycles. The largest absolute Gasteiger partial charge is 0.472 e. The number of quaternary nitrogens is 1. The maximum atomic E-state index is 12.7. The van der Waals surface area contributed by atoms with Crippen molar-refractivity contribution in [2.24, 2.45) is 0 Å². The normalized spacial score (nSPS) is 13.9. The van der Waals surface area contributed by atoms with Gasteiger partial charge in [-0.2, -0.15) is 0 Å². The molecule has 2 unspecified atom stereocenters. The molecule has 334 valence electrons. The Morgan fingerprint density at radius 2 is 0.947 bits per heavy atom. The van der Waals surface area contributed by atoms with Crippen LogP contribution in [-0.2, 0) is 32.7 Å². The Labute approximate surface area is 351 Å². The molecule has 0 saturated carbocycles. The number of allylic oxidation sites excluding steroid dienone is 6. The van der Waals surface area contributed by atoms with Crippen molar-refractivity contribution in [3.05, 3.63) is 36.5 Å². The minimum atomic E-state index is -4.36. The Balaban J connectivity index is 4.05. The molecular weight excluding hydrogens is 737 g/mol. The molecule has 0 saturated heterocycles. The van der Waals surface area contributed by atoms with E-state index in [0.29, 0.717) is 17.4 Å². The van der Waals surface area contributed by atoms with Crippen LogP contribution in [0.3, 0.4) is 0 Å². The fraction of sp³-hybridized carbons (Fsp3) is 0.830. The predicted molar refractivity (Wildman–Crippen MR) is 238 cm³/mol. The Morgan fingerprint density at radius 3 is 1.40 bits per heavy atom. The van der Waals surface area contributed by atoms with Gasteiger partial charge in [0.15, 0.2) is 6.10 Å². The second-order valence-electron chi connectivity index (χ2n) is 16.8. The van der Waals surface area contributed by atoms with Gasteiger partial charge in [0, 0.05) is 12.8 Å². The maximum Gasteiger partial charge on any atom is 0.472 e. The second-order valence-corrected chi connectivity index (χ2v) is 18.2. The van der Waals surface area contributed by atoms with Gasteiger partial charge in [-0.15, -0.1) is 0 Å². The van der Waals surface area contributed by atoms with Crippen LogP contribution in [0.5, 0.6) is 0 Å². The third-order valence-electron chi connectivity index (χ3n) is 9.92. The first-order valence-electron chi connectivity index (χ1n) is 23.2. The number of carbonyl (C=O) groups is 2. The summed E-state index contributed by atoms with van der Waals surface area (Å²) < 4.78 is 34.1. The van der Waals surface area contributed by atoms with E-state index in [9.17, 15) is 19.0 Å². The first kappa shape index (κ1) is 55.2. The monoisotopic (exact) mass is 827 g/mol. The number of unbranched alkanes of at least 4 members (excludes halogenated alkanes) is 22. The van der Waals surface area contributed by atoms with Gasteiger partial charge in [0.25, 0.3) is 0 Å². The van der Waals surface area contributed by atoms with Crippen molar-refractivity contribution in [1.29, 1.82) is 0 Å². The highest BCUT2D eigenvalue weighted by atomic mass is 31.2. The SMILES string of the molecule is CCCCCCC/C=C\C/C=C\C/C=C\CCCCCCCCCCCCCCC(=O)OC(COC(=O)CCCCCCCC)COP(=O)(O)OCC[N+](C)(C)C. The lowest BCUT2D eigenvalue weighted by Gasteiger charge is -2.24. The number of ether oxygens (including phenoxy) is 2.